The van der Waals surface area contributed by atoms with E-state index in [0.717, 1.165) is 32.3 Å². The number of ether oxygens (including phenoxy) is 3. The summed E-state index contributed by atoms with van der Waals surface area (Å²) >= 11 is 0. The Balaban J connectivity index is 3.63. The zero-order valence-electron chi connectivity index (χ0n) is 12.2. The summed E-state index contributed by atoms with van der Waals surface area (Å²) in [5.41, 5.74) is 0. The average Bonchev–Trinajstić information content (AvgIpc) is 2.36. The van der Waals surface area contributed by atoms with Crippen LogP contribution >= 0.6 is 0 Å². The highest BCUT2D eigenvalue weighted by Gasteiger charge is 2.11. The predicted molar refractivity (Wildman–Crippen MR) is 72.9 cm³/mol. The van der Waals surface area contributed by atoms with E-state index >= 15 is 0 Å². The fourth-order valence-electron chi connectivity index (χ4n) is 1.68. The molecule has 0 heterocycles. The van der Waals surface area contributed by atoms with Crippen molar-refractivity contribution in [3.8, 4) is 0 Å². The lowest BCUT2D eigenvalue weighted by molar-refractivity contribution is -0.0600. The van der Waals surface area contributed by atoms with Gasteiger partial charge in [0.25, 0.3) is 0 Å². The van der Waals surface area contributed by atoms with Crippen molar-refractivity contribution in [2.24, 2.45) is 0 Å². The zero-order valence-corrected chi connectivity index (χ0v) is 12.2. The maximum atomic E-state index is 9.62. The van der Waals surface area contributed by atoms with Crippen LogP contribution in [0.1, 0.15) is 46.5 Å². The molecule has 0 aliphatic carbocycles. The maximum absolute atomic E-state index is 9.62. The molecule has 0 bridgehead atoms. The molecule has 0 saturated carbocycles. The number of aliphatic hydroxyl groups excluding tert-OH is 1. The molecule has 0 amide bonds. The van der Waals surface area contributed by atoms with Gasteiger partial charge in [0.2, 0.25) is 0 Å². The van der Waals surface area contributed by atoms with Crippen molar-refractivity contribution in [1.82, 2.24) is 0 Å². The third kappa shape index (κ3) is 11.0. The van der Waals surface area contributed by atoms with Gasteiger partial charge in [-0.15, -0.1) is 0 Å². The van der Waals surface area contributed by atoms with E-state index in [9.17, 15) is 5.11 Å². The Morgan fingerprint density at radius 3 is 2.17 bits per heavy atom. The Morgan fingerprint density at radius 1 is 0.889 bits per heavy atom. The highest BCUT2D eigenvalue weighted by Crippen LogP contribution is 2.06. The molecular weight excluding hydrogens is 232 g/mol. The van der Waals surface area contributed by atoms with Crippen molar-refractivity contribution in [2.75, 3.05) is 33.0 Å². The summed E-state index contributed by atoms with van der Waals surface area (Å²) in [7, 11) is 0. The molecule has 110 valence electrons. The Labute approximate surface area is 112 Å². The molecule has 2 atom stereocenters. The summed E-state index contributed by atoms with van der Waals surface area (Å²) in [4.78, 5) is 0. The summed E-state index contributed by atoms with van der Waals surface area (Å²) in [6, 6.07) is 0. The van der Waals surface area contributed by atoms with Crippen LogP contribution in [0.15, 0.2) is 0 Å². The minimum Gasteiger partial charge on any atom is -0.391 e. The van der Waals surface area contributed by atoms with Gasteiger partial charge in [0.15, 0.2) is 0 Å². The van der Waals surface area contributed by atoms with Gasteiger partial charge in [-0.3, -0.25) is 0 Å². The lowest BCUT2D eigenvalue weighted by Gasteiger charge is -2.19. The third-order valence-corrected chi connectivity index (χ3v) is 2.64. The number of hydrogen-bond donors (Lipinski definition) is 1. The van der Waals surface area contributed by atoms with Crippen molar-refractivity contribution >= 4 is 0 Å². The Kier molecular flexibility index (Phi) is 13.2. The van der Waals surface area contributed by atoms with E-state index < -0.39 is 0 Å². The van der Waals surface area contributed by atoms with Crippen molar-refractivity contribution in [1.29, 1.82) is 0 Å². The molecule has 0 aliphatic rings. The first-order chi connectivity index (χ1) is 8.74. The zero-order chi connectivity index (χ0) is 13.6. The molecular formula is C14H30O4. The summed E-state index contributed by atoms with van der Waals surface area (Å²) in [5.74, 6) is 0. The van der Waals surface area contributed by atoms with Gasteiger partial charge in [0.05, 0.1) is 38.6 Å². The fourth-order valence-corrected chi connectivity index (χ4v) is 1.68. The van der Waals surface area contributed by atoms with Crippen molar-refractivity contribution in [3.05, 3.63) is 0 Å². The van der Waals surface area contributed by atoms with Gasteiger partial charge in [-0.2, -0.15) is 0 Å². The smallest absolute Gasteiger partial charge is 0.0809 e. The van der Waals surface area contributed by atoms with Crippen LogP contribution in [-0.4, -0.2) is 50.3 Å². The summed E-state index contributed by atoms with van der Waals surface area (Å²) in [5, 5.41) is 9.62. The van der Waals surface area contributed by atoms with Crippen LogP contribution in [0.2, 0.25) is 0 Å². The van der Waals surface area contributed by atoms with Crippen molar-refractivity contribution < 1.29 is 19.3 Å². The number of rotatable bonds is 13. The van der Waals surface area contributed by atoms with E-state index in [1.807, 2.05) is 6.92 Å². The number of aliphatic hydroxyl groups is 1. The maximum Gasteiger partial charge on any atom is 0.0809 e. The van der Waals surface area contributed by atoms with E-state index in [1.54, 1.807) is 0 Å². The van der Waals surface area contributed by atoms with Crippen molar-refractivity contribution in [3.63, 3.8) is 0 Å². The van der Waals surface area contributed by atoms with Crippen molar-refractivity contribution in [2.45, 2.75) is 58.7 Å². The minimum atomic E-state index is -0.349. The van der Waals surface area contributed by atoms with Gasteiger partial charge < -0.3 is 19.3 Å². The summed E-state index contributed by atoms with van der Waals surface area (Å²) in [6.45, 7) is 9.11. The fraction of sp³-hybridized carbons (Fsp3) is 1.00. The molecule has 4 nitrogen and oxygen atoms in total. The van der Waals surface area contributed by atoms with Gasteiger partial charge in [-0.25, -0.2) is 0 Å². The van der Waals surface area contributed by atoms with E-state index in [1.165, 1.54) is 0 Å². The van der Waals surface area contributed by atoms with E-state index in [4.69, 9.17) is 14.2 Å². The minimum absolute atomic E-state index is 0.0862. The topological polar surface area (TPSA) is 47.9 Å². The van der Waals surface area contributed by atoms with E-state index in [0.29, 0.717) is 26.4 Å². The molecule has 18 heavy (non-hydrogen) atoms. The van der Waals surface area contributed by atoms with Crippen LogP contribution in [0.4, 0.5) is 0 Å². The molecule has 0 rings (SSSR count). The van der Waals surface area contributed by atoms with Gasteiger partial charge in [-0.1, -0.05) is 26.7 Å². The van der Waals surface area contributed by atoms with E-state index in [2.05, 4.69) is 13.8 Å². The Hall–Kier alpha value is -0.160. The summed E-state index contributed by atoms with van der Waals surface area (Å²) in [6.07, 6.45) is 3.54. The van der Waals surface area contributed by atoms with Crippen LogP contribution in [-0.2, 0) is 14.2 Å². The molecule has 0 radical (unpaired) electrons. The first kappa shape index (κ1) is 17.8. The first-order valence-corrected chi connectivity index (χ1v) is 7.19. The quantitative estimate of drug-likeness (QED) is 0.518. The highest BCUT2D eigenvalue weighted by molar-refractivity contribution is 4.59. The molecule has 1 N–H and O–H groups in total. The van der Waals surface area contributed by atoms with Crippen LogP contribution in [0.5, 0.6) is 0 Å². The van der Waals surface area contributed by atoms with Gasteiger partial charge in [0, 0.05) is 6.61 Å². The average molecular weight is 262 g/mol. The molecule has 4 heteroatoms. The normalized spacial score (nSPS) is 14.7. The molecule has 0 saturated heterocycles. The van der Waals surface area contributed by atoms with E-state index in [-0.39, 0.29) is 12.2 Å². The SMILES string of the molecule is CCCC(O)COC(CCC)COCCOCC. The first-order valence-electron chi connectivity index (χ1n) is 7.19. The van der Waals surface area contributed by atoms with Crippen LogP contribution in [0.3, 0.4) is 0 Å². The third-order valence-electron chi connectivity index (χ3n) is 2.64. The molecule has 0 aromatic heterocycles. The molecule has 0 aliphatic heterocycles. The van der Waals surface area contributed by atoms with Gasteiger partial charge >= 0.3 is 0 Å². The second-order valence-electron chi connectivity index (χ2n) is 4.46. The van der Waals surface area contributed by atoms with Gasteiger partial charge in [0.1, 0.15) is 0 Å². The lowest BCUT2D eigenvalue weighted by atomic mass is 10.2. The van der Waals surface area contributed by atoms with Crippen LogP contribution < -0.4 is 0 Å². The van der Waals surface area contributed by atoms with Crippen LogP contribution in [0, 0.1) is 0 Å². The Morgan fingerprint density at radius 2 is 1.56 bits per heavy atom. The largest absolute Gasteiger partial charge is 0.391 e. The molecule has 0 spiro atoms. The van der Waals surface area contributed by atoms with Crippen LogP contribution in [0.25, 0.3) is 0 Å². The predicted octanol–water partition coefficient (Wildman–Crippen LogP) is 2.39. The molecule has 2 unspecified atom stereocenters. The molecule has 0 fully saturated rings. The standard InChI is InChI=1S/C14H30O4/c1-4-7-13(15)11-18-14(8-5-2)12-17-10-9-16-6-3/h13-15H,4-12H2,1-3H3. The second kappa shape index (κ2) is 13.3. The summed E-state index contributed by atoms with van der Waals surface area (Å²) < 4.78 is 16.4. The lowest BCUT2D eigenvalue weighted by Crippen LogP contribution is -2.26. The Bertz CT molecular complexity index is 164. The molecule has 0 aromatic rings. The van der Waals surface area contributed by atoms with Gasteiger partial charge in [-0.05, 0) is 19.8 Å². The molecule has 0 aromatic carbocycles. The highest BCUT2D eigenvalue weighted by atomic mass is 16.6. The monoisotopic (exact) mass is 262 g/mol. The second-order valence-corrected chi connectivity index (χ2v) is 4.46. The number of hydrogen-bond acceptors (Lipinski definition) is 4.